The summed E-state index contributed by atoms with van der Waals surface area (Å²) >= 11 is 0. The molecule has 1 aromatic carbocycles. The normalized spacial score (nSPS) is 10.5. The van der Waals surface area contributed by atoms with Crippen LogP contribution in [0.15, 0.2) is 24.3 Å². The monoisotopic (exact) mass is 202 g/mol. The second kappa shape index (κ2) is 3.31. The van der Waals surface area contributed by atoms with Crippen molar-refractivity contribution in [3.63, 3.8) is 0 Å². The summed E-state index contributed by atoms with van der Waals surface area (Å²) in [4.78, 5) is 14.5. The van der Waals surface area contributed by atoms with E-state index in [1.807, 2.05) is 25.1 Å². The number of pyridine rings is 1. The fourth-order valence-corrected chi connectivity index (χ4v) is 1.57. The Balaban J connectivity index is 2.77. The maximum absolute atomic E-state index is 10.7. The summed E-state index contributed by atoms with van der Waals surface area (Å²) in [5, 5.41) is 11.5. The molecular formula is C11H10N2O2. The highest BCUT2D eigenvalue weighted by Crippen LogP contribution is 2.22. The smallest absolute Gasteiger partial charge is 0.258 e. The zero-order valence-corrected chi connectivity index (χ0v) is 8.52. The zero-order valence-electron chi connectivity index (χ0n) is 8.52. The van der Waals surface area contributed by atoms with E-state index in [0.717, 1.165) is 16.5 Å². The van der Waals surface area contributed by atoms with Gasteiger partial charge in [0.15, 0.2) is 0 Å². The van der Waals surface area contributed by atoms with Gasteiger partial charge in [-0.1, -0.05) is 11.6 Å². The summed E-state index contributed by atoms with van der Waals surface area (Å²) in [6.45, 7) is 3.60. The van der Waals surface area contributed by atoms with Crippen molar-refractivity contribution in [2.45, 2.75) is 13.8 Å². The van der Waals surface area contributed by atoms with E-state index in [-0.39, 0.29) is 5.69 Å². The Morgan fingerprint density at radius 3 is 2.67 bits per heavy atom. The lowest BCUT2D eigenvalue weighted by Gasteiger charge is -2.01. The van der Waals surface area contributed by atoms with Crippen molar-refractivity contribution in [1.29, 1.82) is 0 Å². The minimum absolute atomic E-state index is 0.0769. The standard InChI is InChI=1S/C11H10N2O2/c1-7-3-4-10-9(5-7)6-11(13(14)15)8(2)12-10/h3-6H,1-2H3. The molecule has 0 saturated heterocycles. The summed E-state index contributed by atoms with van der Waals surface area (Å²) in [7, 11) is 0. The van der Waals surface area contributed by atoms with Crippen LogP contribution in [0.5, 0.6) is 0 Å². The van der Waals surface area contributed by atoms with E-state index < -0.39 is 4.92 Å². The average Bonchev–Trinajstić information content (AvgIpc) is 2.17. The van der Waals surface area contributed by atoms with Crippen LogP contribution in [0.1, 0.15) is 11.3 Å². The molecule has 0 N–H and O–H groups in total. The molecule has 4 heteroatoms. The van der Waals surface area contributed by atoms with Crippen molar-refractivity contribution in [3.05, 3.63) is 45.6 Å². The molecule has 0 aliphatic heterocycles. The van der Waals surface area contributed by atoms with Gasteiger partial charge in [-0.05, 0) is 26.0 Å². The van der Waals surface area contributed by atoms with Crippen LogP contribution in [0, 0.1) is 24.0 Å². The van der Waals surface area contributed by atoms with Gasteiger partial charge >= 0.3 is 0 Å². The number of hydrogen-bond acceptors (Lipinski definition) is 3. The van der Waals surface area contributed by atoms with Crippen molar-refractivity contribution in [2.24, 2.45) is 0 Å². The topological polar surface area (TPSA) is 56.0 Å². The number of nitrogens with zero attached hydrogens (tertiary/aromatic N) is 2. The number of aryl methyl sites for hydroxylation is 2. The number of rotatable bonds is 1. The Morgan fingerprint density at radius 1 is 1.27 bits per heavy atom. The largest absolute Gasteiger partial charge is 0.291 e. The van der Waals surface area contributed by atoms with Crippen molar-refractivity contribution in [1.82, 2.24) is 4.98 Å². The molecule has 0 aliphatic rings. The lowest BCUT2D eigenvalue weighted by molar-refractivity contribution is -0.385. The molecule has 0 amide bonds. The van der Waals surface area contributed by atoms with Gasteiger partial charge in [0.1, 0.15) is 5.69 Å². The molecule has 0 saturated carbocycles. The van der Waals surface area contributed by atoms with Gasteiger partial charge in [-0.25, -0.2) is 4.98 Å². The highest BCUT2D eigenvalue weighted by Gasteiger charge is 2.12. The predicted octanol–water partition coefficient (Wildman–Crippen LogP) is 2.76. The van der Waals surface area contributed by atoms with E-state index in [1.165, 1.54) is 0 Å². The van der Waals surface area contributed by atoms with Crippen LogP contribution in [0.3, 0.4) is 0 Å². The molecule has 0 atom stereocenters. The van der Waals surface area contributed by atoms with E-state index in [0.29, 0.717) is 5.69 Å². The molecule has 2 rings (SSSR count). The maximum Gasteiger partial charge on any atom is 0.291 e. The van der Waals surface area contributed by atoms with Crippen LogP contribution < -0.4 is 0 Å². The molecule has 15 heavy (non-hydrogen) atoms. The molecule has 2 aromatic rings. The van der Waals surface area contributed by atoms with E-state index in [4.69, 9.17) is 0 Å². The molecule has 0 unspecified atom stereocenters. The number of hydrogen-bond donors (Lipinski definition) is 0. The van der Waals surface area contributed by atoms with Gasteiger partial charge in [0.25, 0.3) is 5.69 Å². The van der Waals surface area contributed by atoms with Crippen molar-refractivity contribution >= 4 is 16.6 Å². The second-order valence-corrected chi connectivity index (χ2v) is 3.55. The minimum Gasteiger partial charge on any atom is -0.258 e. The lowest BCUT2D eigenvalue weighted by atomic mass is 10.1. The van der Waals surface area contributed by atoms with Gasteiger partial charge in [0, 0.05) is 11.5 Å². The third-order valence-corrected chi connectivity index (χ3v) is 2.33. The number of fused-ring (bicyclic) bond motifs is 1. The van der Waals surface area contributed by atoms with Gasteiger partial charge in [0.2, 0.25) is 0 Å². The molecule has 0 radical (unpaired) electrons. The third kappa shape index (κ3) is 1.66. The van der Waals surface area contributed by atoms with Crippen molar-refractivity contribution in [2.75, 3.05) is 0 Å². The first-order valence-electron chi connectivity index (χ1n) is 4.60. The fourth-order valence-electron chi connectivity index (χ4n) is 1.57. The number of nitro groups is 1. The Hall–Kier alpha value is -1.97. The molecule has 4 nitrogen and oxygen atoms in total. The Bertz CT molecular complexity index is 550. The van der Waals surface area contributed by atoms with Gasteiger partial charge in [0.05, 0.1) is 10.4 Å². The first-order chi connectivity index (χ1) is 7.08. The Kier molecular flexibility index (Phi) is 2.11. The summed E-state index contributed by atoms with van der Waals surface area (Å²) in [6, 6.07) is 7.29. The molecule has 0 bridgehead atoms. The minimum atomic E-state index is -0.399. The van der Waals surface area contributed by atoms with Gasteiger partial charge in [-0.15, -0.1) is 0 Å². The first kappa shape index (κ1) is 9.58. The zero-order chi connectivity index (χ0) is 11.0. The van der Waals surface area contributed by atoms with E-state index in [9.17, 15) is 10.1 Å². The summed E-state index contributed by atoms with van der Waals surface area (Å²) < 4.78 is 0. The third-order valence-electron chi connectivity index (χ3n) is 2.33. The highest BCUT2D eigenvalue weighted by atomic mass is 16.6. The average molecular weight is 202 g/mol. The van der Waals surface area contributed by atoms with E-state index in [1.54, 1.807) is 13.0 Å². The fraction of sp³-hybridized carbons (Fsp3) is 0.182. The SMILES string of the molecule is Cc1ccc2nc(C)c([N+](=O)[O-])cc2c1. The van der Waals surface area contributed by atoms with Crippen LogP contribution >= 0.6 is 0 Å². The van der Waals surface area contributed by atoms with Crippen LogP contribution in [0.25, 0.3) is 10.9 Å². The van der Waals surface area contributed by atoms with Crippen molar-refractivity contribution < 1.29 is 4.92 Å². The quantitative estimate of drug-likeness (QED) is 0.527. The molecule has 1 aromatic heterocycles. The van der Waals surface area contributed by atoms with Gasteiger partial charge in [-0.2, -0.15) is 0 Å². The Morgan fingerprint density at radius 2 is 2.00 bits per heavy atom. The predicted molar refractivity (Wildman–Crippen MR) is 57.9 cm³/mol. The highest BCUT2D eigenvalue weighted by molar-refractivity contribution is 5.81. The molecular weight excluding hydrogens is 192 g/mol. The van der Waals surface area contributed by atoms with Crippen LogP contribution in [0.2, 0.25) is 0 Å². The van der Waals surface area contributed by atoms with E-state index >= 15 is 0 Å². The molecule has 1 heterocycles. The summed E-state index contributed by atoms with van der Waals surface area (Å²) in [5.41, 5.74) is 2.40. The van der Waals surface area contributed by atoms with Crippen molar-refractivity contribution in [3.8, 4) is 0 Å². The summed E-state index contributed by atoms with van der Waals surface area (Å²) in [5.74, 6) is 0. The van der Waals surface area contributed by atoms with Crippen LogP contribution in [-0.4, -0.2) is 9.91 Å². The maximum atomic E-state index is 10.7. The van der Waals surface area contributed by atoms with Gasteiger partial charge in [-0.3, -0.25) is 10.1 Å². The first-order valence-corrected chi connectivity index (χ1v) is 4.60. The van der Waals surface area contributed by atoms with Crippen LogP contribution in [-0.2, 0) is 0 Å². The lowest BCUT2D eigenvalue weighted by Crippen LogP contribution is -1.94. The Labute approximate surface area is 86.7 Å². The molecule has 0 aliphatic carbocycles. The molecule has 76 valence electrons. The van der Waals surface area contributed by atoms with Crippen LogP contribution in [0.4, 0.5) is 5.69 Å². The second-order valence-electron chi connectivity index (χ2n) is 3.55. The number of aromatic nitrogens is 1. The number of benzene rings is 1. The summed E-state index contributed by atoms with van der Waals surface area (Å²) in [6.07, 6.45) is 0. The molecule has 0 spiro atoms. The van der Waals surface area contributed by atoms with Gasteiger partial charge < -0.3 is 0 Å². The van der Waals surface area contributed by atoms with E-state index in [2.05, 4.69) is 4.98 Å². The molecule has 0 fully saturated rings.